The first-order valence-corrected chi connectivity index (χ1v) is 11.6. The standard InChI is InChI=1S/C30H6F7N5O/c31-26-24-20(11-42)22(23(14(9-40)10-41)25(24)27(32)29(34)28(26)33)12-1-3-16-17-4-2-15(43-30(35,36)37)6-19(17)21(18(16)5-12)13(7-38)8-39/h1-6H. The Hall–Kier alpha value is -6.36. The zero-order valence-electron chi connectivity index (χ0n) is 20.8. The van der Waals surface area contributed by atoms with Crippen LogP contribution < -0.4 is 4.74 Å². The maximum Gasteiger partial charge on any atom is 0.573 e. The van der Waals surface area contributed by atoms with Crippen molar-refractivity contribution < 1.29 is 35.5 Å². The summed E-state index contributed by atoms with van der Waals surface area (Å²) in [5.74, 6) is -9.06. The Morgan fingerprint density at radius 3 is 1.65 bits per heavy atom. The van der Waals surface area contributed by atoms with E-state index in [9.17, 15) is 48.3 Å². The van der Waals surface area contributed by atoms with E-state index in [2.05, 4.69) is 4.74 Å². The largest absolute Gasteiger partial charge is 0.573 e. The van der Waals surface area contributed by atoms with Gasteiger partial charge in [0, 0.05) is 27.8 Å². The van der Waals surface area contributed by atoms with Crippen molar-refractivity contribution in [2.24, 2.45) is 0 Å². The smallest absolute Gasteiger partial charge is 0.406 e. The lowest BCUT2D eigenvalue weighted by Gasteiger charge is -2.12. The molecule has 0 amide bonds. The Bertz CT molecular complexity index is 2110. The predicted octanol–water partition coefficient (Wildman–Crippen LogP) is 7.22. The molecule has 0 aromatic heterocycles. The fourth-order valence-corrected chi connectivity index (χ4v) is 5.12. The zero-order chi connectivity index (χ0) is 31.4. The monoisotopic (exact) mass is 585 g/mol. The first kappa shape index (κ1) is 28.2. The zero-order valence-corrected chi connectivity index (χ0v) is 20.8. The number of halogens is 7. The molecule has 2 aliphatic carbocycles. The summed E-state index contributed by atoms with van der Waals surface area (Å²) >= 11 is 0. The fourth-order valence-electron chi connectivity index (χ4n) is 5.12. The lowest BCUT2D eigenvalue weighted by Crippen LogP contribution is -2.17. The Labute approximate surface area is 236 Å². The third kappa shape index (κ3) is 4.15. The lowest BCUT2D eigenvalue weighted by atomic mass is 9.89. The molecular weight excluding hydrogens is 579 g/mol. The van der Waals surface area contributed by atoms with Gasteiger partial charge >= 0.3 is 6.36 Å². The van der Waals surface area contributed by atoms with Crippen molar-refractivity contribution in [3.8, 4) is 47.2 Å². The van der Waals surface area contributed by atoms with E-state index in [0.717, 1.165) is 12.1 Å². The van der Waals surface area contributed by atoms with E-state index in [-0.39, 0.29) is 33.4 Å². The first-order valence-electron chi connectivity index (χ1n) is 11.6. The van der Waals surface area contributed by atoms with E-state index in [1.165, 1.54) is 36.4 Å². The van der Waals surface area contributed by atoms with Gasteiger partial charge in [-0.3, -0.25) is 0 Å². The number of hydrogen-bond donors (Lipinski definition) is 0. The molecule has 13 heteroatoms. The molecule has 206 valence electrons. The molecule has 0 saturated heterocycles. The molecule has 0 atom stereocenters. The highest BCUT2D eigenvalue weighted by molar-refractivity contribution is 6.26. The molecule has 0 unspecified atom stereocenters. The van der Waals surface area contributed by atoms with Gasteiger partial charge in [-0.1, -0.05) is 18.2 Å². The van der Waals surface area contributed by atoms with Gasteiger partial charge in [0.25, 0.3) is 0 Å². The molecule has 0 heterocycles. The number of ether oxygens (including phenoxy) is 1. The van der Waals surface area contributed by atoms with Gasteiger partial charge in [0.15, 0.2) is 23.3 Å². The van der Waals surface area contributed by atoms with E-state index in [1.807, 2.05) is 0 Å². The van der Waals surface area contributed by atoms with Crippen molar-refractivity contribution in [3.05, 3.63) is 98.6 Å². The molecule has 3 aromatic carbocycles. The number of nitriles is 5. The number of fused-ring (bicyclic) bond motifs is 4. The highest BCUT2D eigenvalue weighted by Crippen LogP contribution is 2.53. The van der Waals surface area contributed by atoms with E-state index >= 15 is 8.78 Å². The van der Waals surface area contributed by atoms with Crippen LogP contribution in [0.25, 0.3) is 33.4 Å². The number of rotatable bonds is 2. The van der Waals surface area contributed by atoms with Crippen molar-refractivity contribution in [1.82, 2.24) is 0 Å². The second-order valence-corrected chi connectivity index (χ2v) is 8.83. The third-order valence-corrected chi connectivity index (χ3v) is 6.69. The summed E-state index contributed by atoms with van der Waals surface area (Å²) < 4.78 is 101. The molecule has 0 aliphatic heterocycles. The molecule has 0 N–H and O–H groups in total. The molecule has 0 fully saturated rings. The van der Waals surface area contributed by atoms with E-state index in [4.69, 9.17) is 0 Å². The van der Waals surface area contributed by atoms with Crippen LogP contribution in [0, 0.1) is 79.9 Å². The summed E-state index contributed by atoms with van der Waals surface area (Å²) in [5, 5.41) is 48.4. The predicted molar refractivity (Wildman–Crippen MR) is 133 cm³/mol. The molecular formula is C30H6F7N5O. The molecule has 0 saturated carbocycles. The molecule has 2 aliphatic rings. The molecule has 0 radical (unpaired) electrons. The normalized spacial score (nSPS) is 12.7. The van der Waals surface area contributed by atoms with Crippen LogP contribution in [0.15, 0.2) is 47.5 Å². The summed E-state index contributed by atoms with van der Waals surface area (Å²) in [5.41, 5.74) is -5.14. The van der Waals surface area contributed by atoms with Gasteiger partial charge in [0.1, 0.15) is 47.2 Å². The molecule has 3 aromatic rings. The Balaban J connectivity index is 1.85. The van der Waals surface area contributed by atoms with Crippen molar-refractivity contribution in [2.45, 2.75) is 6.36 Å². The number of alkyl halides is 3. The topological polar surface area (TPSA) is 128 Å². The highest BCUT2D eigenvalue weighted by Gasteiger charge is 2.40. The van der Waals surface area contributed by atoms with Crippen LogP contribution in [0.5, 0.6) is 5.75 Å². The molecule has 43 heavy (non-hydrogen) atoms. The number of nitrogens with zero attached hydrogens (tertiary/aromatic N) is 5. The highest BCUT2D eigenvalue weighted by atomic mass is 19.4. The van der Waals surface area contributed by atoms with Gasteiger partial charge < -0.3 is 4.74 Å². The minimum absolute atomic E-state index is 0.0112. The van der Waals surface area contributed by atoms with Crippen LogP contribution >= 0.6 is 0 Å². The summed E-state index contributed by atoms with van der Waals surface area (Å²) in [6, 6.07) is 14.8. The minimum atomic E-state index is -5.06. The van der Waals surface area contributed by atoms with Crippen molar-refractivity contribution in [1.29, 1.82) is 26.3 Å². The third-order valence-electron chi connectivity index (χ3n) is 6.69. The summed E-state index contributed by atoms with van der Waals surface area (Å²) in [4.78, 5) is 0. The summed E-state index contributed by atoms with van der Waals surface area (Å²) in [7, 11) is 0. The molecule has 6 nitrogen and oxygen atoms in total. The fraction of sp³-hybridized carbons (Fsp3) is 0.0333. The maximum atomic E-state index is 15.1. The maximum absolute atomic E-state index is 15.1. The summed E-state index contributed by atoms with van der Waals surface area (Å²) in [6.45, 7) is 0. The van der Waals surface area contributed by atoms with E-state index in [1.54, 1.807) is 18.2 Å². The Morgan fingerprint density at radius 2 is 1.12 bits per heavy atom. The van der Waals surface area contributed by atoms with Crippen molar-refractivity contribution >= 4 is 22.3 Å². The molecule has 0 bridgehead atoms. The van der Waals surface area contributed by atoms with Crippen LogP contribution in [0.4, 0.5) is 30.7 Å². The van der Waals surface area contributed by atoms with Crippen LogP contribution in [-0.4, -0.2) is 6.36 Å². The van der Waals surface area contributed by atoms with E-state index in [0.29, 0.717) is 0 Å². The Morgan fingerprint density at radius 1 is 0.605 bits per heavy atom. The number of benzene rings is 3. The number of hydrogen-bond acceptors (Lipinski definition) is 6. The second-order valence-electron chi connectivity index (χ2n) is 8.83. The minimum Gasteiger partial charge on any atom is -0.406 e. The van der Waals surface area contributed by atoms with Crippen LogP contribution in [0.2, 0.25) is 0 Å². The second kappa shape index (κ2) is 9.93. The van der Waals surface area contributed by atoms with Gasteiger partial charge in [0.2, 0.25) is 0 Å². The SMILES string of the molecule is N#CC(C#N)=C1c2cc(OC(F)(F)F)ccc2-c2ccc(C3=C(C#N)c4c(F)c(F)c(F)c(F)c4C3=C(C#N)C#N)cc21. The van der Waals surface area contributed by atoms with Gasteiger partial charge in [-0.05, 0) is 46.0 Å². The van der Waals surface area contributed by atoms with Gasteiger partial charge in [0.05, 0.1) is 5.57 Å². The van der Waals surface area contributed by atoms with Crippen LogP contribution in [0.3, 0.4) is 0 Å². The Kier molecular flexibility index (Phi) is 6.50. The van der Waals surface area contributed by atoms with Crippen LogP contribution in [-0.2, 0) is 0 Å². The van der Waals surface area contributed by atoms with Gasteiger partial charge in [-0.15, -0.1) is 13.2 Å². The van der Waals surface area contributed by atoms with Crippen molar-refractivity contribution in [3.63, 3.8) is 0 Å². The van der Waals surface area contributed by atoms with E-state index < -0.39 is 74.4 Å². The van der Waals surface area contributed by atoms with Gasteiger partial charge in [-0.25, -0.2) is 17.6 Å². The molecule has 5 rings (SSSR count). The van der Waals surface area contributed by atoms with Gasteiger partial charge in [-0.2, -0.15) is 26.3 Å². The first-order chi connectivity index (χ1) is 20.4. The lowest BCUT2D eigenvalue weighted by molar-refractivity contribution is -0.274. The van der Waals surface area contributed by atoms with Crippen molar-refractivity contribution in [2.75, 3.05) is 0 Å². The summed E-state index contributed by atoms with van der Waals surface area (Å²) in [6.07, 6.45) is -5.06. The van der Waals surface area contributed by atoms with Crippen LogP contribution in [0.1, 0.15) is 27.8 Å². The quantitative estimate of drug-likeness (QED) is 0.106. The average molecular weight is 585 g/mol. The average Bonchev–Trinajstić information content (AvgIpc) is 3.48. The molecule has 0 spiro atoms. The number of allylic oxidation sites excluding steroid dienone is 5.